The van der Waals surface area contributed by atoms with E-state index in [1.165, 1.54) is 0 Å². The standard InChI is InChI=1S/C13H20N4S/c1-4-10(2)17-6-5-12(16-17)7-14-8-13-9-18-11(3)15-13/h5-6,9-10,14H,4,7-8H2,1-3H3. The van der Waals surface area contributed by atoms with Gasteiger partial charge in [-0.05, 0) is 26.3 Å². The highest BCUT2D eigenvalue weighted by molar-refractivity contribution is 7.09. The van der Waals surface area contributed by atoms with Crippen LogP contribution in [0.1, 0.15) is 42.7 Å². The maximum Gasteiger partial charge on any atom is 0.0897 e. The van der Waals surface area contributed by atoms with Crippen LogP contribution in [0.5, 0.6) is 0 Å². The first-order valence-electron chi connectivity index (χ1n) is 6.34. The maximum absolute atomic E-state index is 4.55. The molecule has 1 N–H and O–H groups in total. The summed E-state index contributed by atoms with van der Waals surface area (Å²) in [7, 11) is 0. The molecular weight excluding hydrogens is 244 g/mol. The van der Waals surface area contributed by atoms with Gasteiger partial charge in [-0.15, -0.1) is 11.3 Å². The van der Waals surface area contributed by atoms with Gasteiger partial charge in [0, 0.05) is 30.7 Å². The van der Waals surface area contributed by atoms with Gasteiger partial charge in [-0.25, -0.2) is 4.98 Å². The van der Waals surface area contributed by atoms with Crippen molar-refractivity contribution < 1.29 is 0 Å². The molecule has 0 spiro atoms. The molecular formula is C13H20N4S. The molecule has 98 valence electrons. The van der Waals surface area contributed by atoms with E-state index in [0.717, 1.165) is 35.9 Å². The number of nitrogens with zero attached hydrogens (tertiary/aromatic N) is 3. The van der Waals surface area contributed by atoms with Crippen LogP contribution in [0.25, 0.3) is 0 Å². The predicted octanol–water partition coefficient (Wildman–Crippen LogP) is 2.91. The van der Waals surface area contributed by atoms with Crippen LogP contribution in [0.3, 0.4) is 0 Å². The van der Waals surface area contributed by atoms with Crippen LogP contribution in [-0.4, -0.2) is 14.8 Å². The number of hydrogen-bond acceptors (Lipinski definition) is 4. The summed E-state index contributed by atoms with van der Waals surface area (Å²) >= 11 is 1.69. The lowest BCUT2D eigenvalue weighted by Gasteiger charge is -2.08. The van der Waals surface area contributed by atoms with Crippen molar-refractivity contribution in [1.82, 2.24) is 20.1 Å². The smallest absolute Gasteiger partial charge is 0.0897 e. The lowest BCUT2D eigenvalue weighted by atomic mass is 10.3. The summed E-state index contributed by atoms with van der Waals surface area (Å²) < 4.78 is 2.03. The zero-order chi connectivity index (χ0) is 13.0. The molecule has 0 amide bonds. The summed E-state index contributed by atoms with van der Waals surface area (Å²) in [5.41, 5.74) is 2.20. The Morgan fingerprint density at radius 2 is 2.17 bits per heavy atom. The van der Waals surface area contributed by atoms with Gasteiger partial charge < -0.3 is 5.32 Å². The molecule has 0 aliphatic heterocycles. The van der Waals surface area contributed by atoms with E-state index < -0.39 is 0 Å². The van der Waals surface area contributed by atoms with Gasteiger partial charge in [0.1, 0.15) is 0 Å². The molecule has 1 atom stereocenters. The normalized spacial score (nSPS) is 12.8. The number of hydrogen-bond donors (Lipinski definition) is 1. The zero-order valence-electron chi connectivity index (χ0n) is 11.2. The second-order valence-corrected chi connectivity index (χ2v) is 5.57. The van der Waals surface area contributed by atoms with Crippen LogP contribution in [-0.2, 0) is 13.1 Å². The van der Waals surface area contributed by atoms with Crippen molar-refractivity contribution in [3.8, 4) is 0 Å². The van der Waals surface area contributed by atoms with Gasteiger partial charge in [-0.3, -0.25) is 4.68 Å². The topological polar surface area (TPSA) is 42.7 Å². The fourth-order valence-electron chi connectivity index (χ4n) is 1.71. The SMILES string of the molecule is CCC(C)n1ccc(CNCc2csc(C)n2)n1. The molecule has 4 nitrogen and oxygen atoms in total. The Kier molecular flexibility index (Phi) is 4.49. The number of rotatable bonds is 6. The number of aryl methyl sites for hydroxylation is 1. The molecule has 18 heavy (non-hydrogen) atoms. The van der Waals surface area contributed by atoms with Crippen molar-refractivity contribution in [1.29, 1.82) is 0 Å². The van der Waals surface area contributed by atoms with Crippen LogP contribution >= 0.6 is 11.3 Å². The van der Waals surface area contributed by atoms with Crippen LogP contribution < -0.4 is 5.32 Å². The molecule has 2 aromatic heterocycles. The second-order valence-electron chi connectivity index (χ2n) is 4.51. The Balaban J connectivity index is 1.81. The van der Waals surface area contributed by atoms with Crippen molar-refractivity contribution >= 4 is 11.3 Å². The number of nitrogens with one attached hydrogen (secondary N) is 1. The highest BCUT2D eigenvalue weighted by Crippen LogP contribution is 2.10. The minimum atomic E-state index is 0.472. The molecule has 0 saturated carbocycles. The van der Waals surface area contributed by atoms with Crippen LogP contribution in [0.2, 0.25) is 0 Å². The lowest BCUT2D eigenvalue weighted by Crippen LogP contribution is -2.14. The molecule has 0 radical (unpaired) electrons. The first-order valence-corrected chi connectivity index (χ1v) is 7.22. The van der Waals surface area contributed by atoms with Gasteiger partial charge >= 0.3 is 0 Å². The largest absolute Gasteiger partial charge is 0.305 e. The number of thiazole rings is 1. The van der Waals surface area contributed by atoms with Crippen molar-refractivity contribution in [2.45, 2.75) is 46.3 Å². The van der Waals surface area contributed by atoms with Crippen LogP contribution in [0, 0.1) is 6.92 Å². The fourth-order valence-corrected chi connectivity index (χ4v) is 2.32. The highest BCUT2D eigenvalue weighted by Gasteiger charge is 2.04. The lowest BCUT2D eigenvalue weighted by molar-refractivity contribution is 0.471. The summed E-state index contributed by atoms with van der Waals surface area (Å²) in [6.07, 6.45) is 3.16. The van der Waals surface area contributed by atoms with E-state index >= 15 is 0 Å². The van der Waals surface area contributed by atoms with E-state index in [1.807, 2.05) is 11.6 Å². The zero-order valence-corrected chi connectivity index (χ0v) is 12.0. The van der Waals surface area contributed by atoms with Gasteiger partial charge in [-0.2, -0.15) is 5.10 Å². The van der Waals surface area contributed by atoms with Crippen LogP contribution in [0.15, 0.2) is 17.6 Å². The Labute approximate surface area is 112 Å². The maximum atomic E-state index is 4.55. The molecule has 2 heterocycles. The van der Waals surface area contributed by atoms with Gasteiger partial charge in [0.25, 0.3) is 0 Å². The van der Waals surface area contributed by atoms with Crippen molar-refractivity contribution in [2.75, 3.05) is 0 Å². The van der Waals surface area contributed by atoms with E-state index in [9.17, 15) is 0 Å². The average Bonchev–Trinajstić information content (AvgIpc) is 2.98. The third-order valence-corrected chi connectivity index (χ3v) is 3.81. The molecule has 0 aromatic carbocycles. The van der Waals surface area contributed by atoms with E-state index in [4.69, 9.17) is 0 Å². The van der Waals surface area contributed by atoms with Gasteiger partial charge in [-0.1, -0.05) is 6.92 Å². The van der Waals surface area contributed by atoms with Gasteiger partial charge in [0.2, 0.25) is 0 Å². The molecule has 0 fully saturated rings. The van der Waals surface area contributed by atoms with E-state index in [1.54, 1.807) is 11.3 Å². The van der Waals surface area contributed by atoms with E-state index in [-0.39, 0.29) is 0 Å². The van der Waals surface area contributed by atoms with Gasteiger partial charge in [0.05, 0.1) is 16.4 Å². The Morgan fingerprint density at radius 1 is 1.39 bits per heavy atom. The Morgan fingerprint density at radius 3 is 2.83 bits per heavy atom. The summed E-state index contributed by atoms with van der Waals surface area (Å²) in [4.78, 5) is 4.42. The third kappa shape index (κ3) is 3.40. The van der Waals surface area contributed by atoms with Crippen LogP contribution in [0.4, 0.5) is 0 Å². The minimum absolute atomic E-state index is 0.472. The van der Waals surface area contributed by atoms with Gasteiger partial charge in [0.15, 0.2) is 0 Å². The predicted molar refractivity (Wildman–Crippen MR) is 74.6 cm³/mol. The first-order chi connectivity index (χ1) is 8.69. The molecule has 0 saturated heterocycles. The van der Waals surface area contributed by atoms with Crippen molar-refractivity contribution in [2.24, 2.45) is 0 Å². The number of aromatic nitrogens is 3. The summed E-state index contributed by atoms with van der Waals surface area (Å²) in [5, 5.41) is 11.1. The second kappa shape index (κ2) is 6.11. The summed E-state index contributed by atoms with van der Waals surface area (Å²) in [5.74, 6) is 0. The molecule has 5 heteroatoms. The monoisotopic (exact) mass is 264 g/mol. The quantitative estimate of drug-likeness (QED) is 0.872. The minimum Gasteiger partial charge on any atom is -0.305 e. The summed E-state index contributed by atoms with van der Waals surface area (Å²) in [6, 6.07) is 2.55. The van der Waals surface area contributed by atoms with Crippen molar-refractivity contribution in [3.63, 3.8) is 0 Å². The Hall–Kier alpha value is -1.20. The van der Waals surface area contributed by atoms with E-state index in [0.29, 0.717) is 6.04 Å². The molecule has 0 bridgehead atoms. The molecule has 2 rings (SSSR count). The third-order valence-electron chi connectivity index (χ3n) is 2.98. The Bertz CT molecular complexity index is 489. The van der Waals surface area contributed by atoms with E-state index in [2.05, 4.69) is 46.9 Å². The highest BCUT2D eigenvalue weighted by atomic mass is 32.1. The fraction of sp³-hybridized carbons (Fsp3) is 0.538. The summed E-state index contributed by atoms with van der Waals surface area (Å²) in [6.45, 7) is 7.99. The molecule has 0 aliphatic rings. The first kappa shape index (κ1) is 13.2. The molecule has 0 aliphatic carbocycles. The molecule has 1 unspecified atom stereocenters. The molecule has 2 aromatic rings. The van der Waals surface area contributed by atoms with Crippen molar-refractivity contribution in [3.05, 3.63) is 34.0 Å². The average molecular weight is 264 g/mol.